The van der Waals surface area contributed by atoms with Crippen molar-refractivity contribution in [2.24, 2.45) is 5.73 Å². The third-order valence-electron chi connectivity index (χ3n) is 4.02. The van der Waals surface area contributed by atoms with Gasteiger partial charge in [0.05, 0.1) is 0 Å². The van der Waals surface area contributed by atoms with E-state index < -0.39 is 6.04 Å². The third-order valence-corrected chi connectivity index (χ3v) is 4.02. The second kappa shape index (κ2) is 7.11. The van der Waals surface area contributed by atoms with Gasteiger partial charge in [-0.2, -0.15) is 0 Å². The van der Waals surface area contributed by atoms with Gasteiger partial charge in [-0.05, 0) is 36.0 Å². The lowest BCUT2D eigenvalue weighted by Gasteiger charge is -2.16. The zero-order valence-corrected chi connectivity index (χ0v) is 13.0. The topological polar surface area (TPSA) is 60.1 Å². The van der Waals surface area contributed by atoms with E-state index in [1.165, 1.54) is 10.9 Å². The minimum absolute atomic E-state index is 0.345. The van der Waals surface area contributed by atoms with Crippen molar-refractivity contribution in [3.05, 3.63) is 72.4 Å². The normalized spacial score (nSPS) is 12.3. The van der Waals surface area contributed by atoms with Crippen molar-refractivity contribution in [1.29, 1.82) is 0 Å². The molecule has 3 N–H and O–H groups in total. The Balaban J connectivity index is 1.57. The predicted octanol–water partition coefficient (Wildman–Crippen LogP) is 2.85. The monoisotopic (exact) mass is 307 g/mol. The molecular formula is C19H21N3O. The first kappa shape index (κ1) is 15.3. The summed E-state index contributed by atoms with van der Waals surface area (Å²) in [6.45, 7) is 1.63. The van der Waals surface area contributed by atoms with Crippen molar-refractivity contribution < 1.29 is 4.79 Å². The summed E-state index contributed by atoms with van der Waals surface area (Å²) in [6, 6.07) is 19.6. The molecule has 1 aromatic heterocycles. The molecule has 2 aromatic carbocycles. The average Bonchev–Trinajstić information content (AvgIpc) is 2.98. The molecule has 0 aliphatic heterocycles. The van der Waals surface area contributed by atoms with Crippen LogP contribution in [0.1, 0.15) is 18.0 Å². The van der Waals surface area contributed by atoms with Crippen LogP contribution in [0.3, 0.4) is 0 Å². The lowest BCUT2D eigenvalue weighted by atomic mass is 10.1. The molecule has 0 saturated carbocycles. The molecule has 0 aliphatic rings. The lowest BCUT2D eigenvalue weighted by molar-refractivity contribution is -0.120. The lowest BCUT2D eigenvalue weighted by Crippen LogP contribution is -2.34. The van der Waals surface area contributed by atoms with Crippen molar-refractivity contribution in [3.63, 3.8) is 0 Å². The largest absolute Gasteiger partial charge is 0.368 e. The fourth-order valence-electron chi connectivity index (χ4n) is 2.86. The van der Waals surface area contributed by atoms with Crippen molar-refractivity contribution in [3.8, 4) is 0 Å². The summed E-state index contributed by atoms with van der Waals surface area (Å²) < 4.78 is 2.23. The van der Waals surface area contributed by atoms with Gasteiger partial charge in [0.15, 0.2) is 0 Å². The molecule has 0 saturated heterocycles. The highest BCUT2D eigenvalue weighted by atomic mass is 16.1. The number of hydrogen-bond acceptors (Lipinski definition) is 2. The number of aryl methyl sites for hydroxylation is 1. The molecule has 0 radical (unpaired) electrons. The summed E-state index contributed by atoms with van der Waals surface area (Å²) in [5.41, 5.74) is 7.66. The number of para-hydroxylation sites is 1. The van der Waals surface area contributed by atoms with Crippen LogP contribution in [0.4, 0.5) is 0 Å². The number of amides is 1. The predicted molar refractivity (Wildman–Crippen MR) is 92.9 cm³/mol. The van der Waals surface area contributed by atoms with Crippen LogP contribution in [0.5, 0.6) is 0 Å². The van der Waals surface area contributed by atoms with Gasteiger partial charge in [0.25, 0.3) is 0 Å². The number of rotatable bonds is 7. The highest BCUT2D eigenvalue weighted by molar-refractivity contribution is 5.81. The van der Waals surface area contributed by atoms with Crippen LogP contribution in [0.15, 0.2) is 66.9 Å². The zero-order valence-electron chi connectivity index (χ0n) is 13.0. The van der Waals surface area contributed by atoms with Gasteiger partial charge in [-0.3, -0.25) is 4.79 Å². The molecule has 0 spiro atoms. The number of primary amides is 1. The van der Waals surface area contributed by atoms with Gasteiger partial charge in [0.2, 0.25) is 5.91 Å². The molecule has 3 aromatic rings. The van der Waals surface area contributed by atoms with E-state index in [-0.39, 0.29) is 5.91 Å². The fourth-order valence-corrected chi connectivity index (χ4v) is 2.86. The van der Waals surface area contributed by atoms with Crippen molar-refractivity contribution in [1.82, 2.24) is 9.88 Å². The molecule has 1 heterocycles. The van der Waals surface area contributed by atoms with Crippen molar-refractivity contribution in [2.75, 3.05) is 6.54 Å². The van der Waals surface area contributed by atoms with Gasteiger partial charge in [-0.1, -0.05) is 48.5 Å². The molecular weight excluding hydrogens is 286 g/mol. The SMILES string of the molecule is NC(=O)C(NCCCn1ccc2ccccc21)c1ccccc1. The number of nitrogens with two attached hydrogens (primary N) is 1. The van der Waals surface area contributed by atoms with E-state index in [1.807, 2.05) is 36.4 Å². The summed E-state index contributed by atoms with van der Waals surface area (Å²) in [5, 5.41) is 4.51. The minimum atomic E-state index is -0.433. The number of nitrogens with zero attached hydrogens (tertiary/aromatic N) is 1. The second-order valence-electron chi connectivity index (χ2n) is 5.62. The quantitative estimate of drug-likeness (QED) is 0.659. The molecule has 118 valence electrons. The zero-order chi connectivity index (χ0) is 16.1. The standard InChI is InChI=1S/C19H21N3O/c20-19(23)18(16-8-2-1-3-9-16)21-12-6-13-22-14-11-15-7-4-5-10-17(15)22/h1-5,7-11,14,18,21H,6,12-13H2,(H2,20,23). The number of aromatic nitrogens is 1. The Kier molecular flexibility index (Phi) is 4.74. The molecule has 4 heteroatoms. The maximum atomic E-state index is 11.7. The first-order chi connectivity index (χ1) is 11.3. The van der Waals surface area contributed by atoms with E-state index in [4.69, 9.17) is 5.73 Å². The first-order valence-corrected chi connectivity index (χ1v) is 7.87. The number of hydrogen-bond donors (Lipinski definition) is 2. The molecule has 0 bridgehead atoms. The molecule has 1 amide bonds. The Morgan fingerprint density at radius 1 is 1.04 bits per heavy atom. The first-order valence-electron chi connectivity index (χ1n) is 7.87. The van der Waals surface area contributed by atoms with Crippen molar-refractivity contribution in [2.45, 2.75) is 19.0 Å². The van der Waals surface area contributed by atoms with Crippen LogP contribution in [0.25, 0.3) is 10.9 Å². The summed E-state index contributed by atoms with van der Waals surface area (Å²) in [4.78, 5) is 11.7. The second-order valence-corrected chi connectivity index (χ2v) is 5.62. The Hall–Kier alpha value is -2.59. The molecule has 0 fully saturated rings. The fraction of sp³-hybridized carbons (Fsp3) is 0.211. The maximum Gasteiger partial charge on any atom is 0.239 e. The number of nitrogens with one attached hydrogen (secondary N) is 1. The average molecular weight is 307 g/mol. The summed E-state index contributed by atoms with van der Waals surface area (Å²) in [7, 11) is 0. The number of benzene rings is 2. The van der Waals surface area contributed by atoms with Crippen LogP contribution < -0.4 is 11.1 Å². The van der Waals surface area contributed by atoms with E-state index in [9.17, 15) is 4.79 Å². The summed E-state index contributed by atoms with van der Waals surface area (Å²) >= 11 is 0. The van der Waals surface area contributed by atoms with Gasteiger partial charge < -0.3 is 15.6 Å². The van der Waals surface area contributed by atoms with E-state index in [2.05, 4.69) is 40.3 Å². The molecule has 4 nitrogen and oxygen atoms in total. The molecule has 1 atom stereocenters. The van der Waals surface area contributed by atoms with Crippen LogP contribution in [-0.4, -0.2) is 17.0 Å². The summed E-state index contributed by atoms with van der Waals surface area (Å²) in [5.74, 6) is -0.345. The third kappa shape index (κ3) is 3.60. The van der Waals surface area contributed by atoms with Gasteiger partial charge in [0.1, 0.15) is 6.04 Å². The molecule has 3 rings (SSSR count). The summed E-state index contributed by atoms with van der Waals surface area (Å²) in [6.07, 6.45) is 3.03. The van der Waals surface area contributed by atoms with Crippen LogP contribution in [0, 0.1) is 0 Å². The van der Waals surface area contributed by atoms with Crippen LogP contribution >= 0.6 is 0 Å². The van der Waals surface area contributed by atoms with Gasteiger partial charge >= 0.3 is 0 Å². The Morgan fingerprint density at radius 2 is 1.78 bits per heavy atom. The van der Waals surface area contributed by atoms with Crippen LogP contribution in [0.2, 0.25) is 0 Å². The van der Waals surface area contributed by atoms with Gasteiger partial charge in [-0.15, -0.1) is 0 Å². The molecule has 1 unspecified atom stereocenters. The van der Waals surface area contributed by atoms with Gasteiger partial charge in [-0.25, -0.2) is 0 Å². The molecule has 23 heavy (non-hydrogen) atoms. The Morgan fingerprint density at radius 3 is 2.57 bits per heavy atom. The maximum absolute atomic E-state index is 11.7. The Labute approximate surface area is 135 Å². The van der Waals surface area contributed by atoms with Crippen molar-refractivity contribution >= 4 is 16.8 Å². The number of carbonyl (C=O) groups excluding carboxylic acids is 1. The van der Waals surface area contributed by atoms with E-state index in [0.29, 0.717) is 0 Å². The number of fused-ring (bicyclic) bond motifs is 1. The van der Waals surface area contributed by atoms with Gasteiger partial charge in [0, 0.05) is 18.3 Å². The van der Waals surface area contributed by atoms with E-state index in [1.54, 1.807) is 0 Å². The van der Waals surface area contributed by atoms with E-state index >= 15 is 0 Å². The van der Waals surface area contributed by atoms with Crippen LogP contribution in [-0.2, 0) is 11.3 Å². The Bertz CT molecular complexity index is 779. The minimum Gasteiger partial charge on any atom is -0.368 e. The molecule has 0 aliphatic carbocycles. The highest BCUT2D eigenvalue weighted by Gasteiger charge is 2.16. The number of carbonyl (C=O) groups is 1. The highest BCUT2D eigenvalue weighted by Crippen LogP contribution is 2.16. The van der Waals surface area contributed by atoms with E-state index in [0.717, 1.165) is 25.1 Å². The smallest absolute Gasteiger partial charge is 0.239 e.